The maximum atomic E-state index is 12.1. The Morgan fingerprint density at radius 2 is 2.05 bits per heavy atom. The Morgan fingerprint density at radius 3 is 2.74 bits per heavy atom. The Hall–Kier alpha value is -2.18. The van der Waals surface area contributed by atoms with Crippen LogP contribution in [-0.4, -0.2) is 22.8 Å². The van der Waals surface area contributed by atoms with Crippen molar-refractivity contribution >= 4 is 5.69 Å². The summed E-state index contributed by atoms with van der Waals surface area (Å²) < 4.78 is 41.1. The third-order valence-electron chi connectivity index (χ3n) is 2.30. The molecule has 0 fully saturated rings. The normalized spacial score (nSPS) is 11.3. The summed E-state index contributed by atoms with van der Waals surface area (Å²) in [5, 5.41) is 2.99. The largest absolute Gasteiger partial charge is 0.482 e. The van der Waals surface area contributed by atoms with Gasteiger partial charge in [0.05, 0.1) is 24.3 Å². The molecular weight excluding hydrogens is 259 g/mol. The van der Waals surface area contributed by atoms with E-state index in [1.54, 1.807) is 24.4 Å². The van der Waals surface area contributed by atoms with Gasteiger partial charge >= 0.3 is 6.18 Å². The molecule has 0 aliphatic heterocycles. The second kappa shape index (κ2) is 5.64. The molecule has 7 heteroatoms. The molecule has 1 aromatic heterocycles. The number of hydrogen-bond donors (Lipinski definition) is 2. The number of benzene rings is 1. The standard InChI is InChI=1S/C12H12F3N3O/c13-12(14,15)7-19-11-4-2-1-3-10(11)17-6-9-5-16-8-18-9/h1-5,8,17H,6-7H2,(H,16,18). The molecule has 1 heterocycles. The number of aromatic nitrogens is 2. The smallest absolute Gasteiger partial charge is 0.422 e. The molecule has 2 rings (SSSR count). The van der Waals surface area contributed by atoms with Gasteiger partial charge in [-0.2, -0.15) is 13.2 Å². The van der Waals surface area contributed by atoms with Crippen LogP contribution in [0.5, 0.6) is 5.75 Å². The Kier molecular flexibility index (Phi) is 3.94. The van der Waals surface area contributed by atoms with Crippen molar-refractivity contribution in [2.45, 2.75) is 12.7 Å². The molecule has 0 radical (unpaired) electrons. The lowest BCUT2D eigenvalue weighted by molar-refractivity contribution is -0.153. The number of nitrogens with zero attached hydrogens (tertiary/aromatic N) is 1. The highest BCUT2D eigenvalue weighted by Crippen LogP contribution is 2.26. The van der Waals surface area contributed by atoms with Gasteiger partial charge in [0.2, 0.25) is 0 Å². The van der Waals surface area contributed by atoms with Gasteiger partial charge in [-0.25, -0.2) is 4.98 Å². The molecule has 0 aliphatic carbocycles. The van der Waals surface area contributed by atoms with Crippen LogP contribution < -0.4 is 10.1 Å². The van der Waals surface area contributed by atoms with Crippen molar-refractivity contribution < 1.29 is 17.9 Å². The number of hydrogen-bond acceptors (Lipinski definition) is 3. The minimum absolute atomic E-state index is 0.166. The second-order valence-corrected chi connectivity index (χ2v) is 3.83. The number of imidazole rings is 1. The second-order valence-electron chi connectivity index (χ2n) is 3.83. The molecule has 0 atom stereocenters. The molecule has 0 aliphatic rings. The van der Waals surface area contributed by atoms with Crippen LogP contribution in [0.2, 0.25) is 0 Å². The number of rotatable bonds is 5. The van der Waals surface area contributed by atoms with E-state index < -0.39 is 12.8 Å². The number of alkyl halides is 3. The summed E-state index contributed by atoms with van der Waals surface area (Å²) in [6, 6.07) is 6.48. The predicted molar refractivity (Wildman–Crippen MR) is 63.9 cm³/mol. The molecule has 2 N–H and O–H groups in total. The van der Waals surface area contributed by atoms with Gasteiger partial charge < -0.3 is 15.0 Å². The zero-order valence-electron chi connectivity index (χ0n) is 9.87. The van der Waals surface area contributed by atoms with Crippen molar-refractivity contribution in [2.24, 2.45) is 0 Å². The summed E-state index contributed by atoms with van der Waals surface area (Å²) in [7, 11) is 0. The lowest BCUT2D eigenvalue weighted by atomic mass is 10.3. The number of anilines is 1. The van der Waals surface area contributed by atoms with Crippen LogP contribution >= 0.6 is 0 Å². The Balaban J connectivity index is 1.99. The molecule has 102 valence electrons. The van der Waals surface area contributed by atoms with E-state index in [0.717, 1.165) is 5.69 Å². The van der Waals surface area contributed by atoms with Crippen LogP contribution in [-0.2, 0) is 6.54 Å². The number of halogens is 3. The average molecular weight is 271 g/mol. The first-order valence-electron chi connectivity index (χ1n) is 5.54. The zero-order valence-corrected chi connectivity index (χ0v) is 9.87. The molecule has 0 saturated heterocycles. The highest BCUT2D eigenvalue weighted by Gasteiger charge is 2.28. The lowest BCUT2D eigenvalue weighted by Crippen LogP contribution is -2.19. The number of para-hydroxylation sites is 2. The first-order valence-corrected chi connectivity index (χ1v) is 5.54. The number of aromatic amines is 1. The fraction of sp³-hybridized carbons (Fsp3) is 0.250. The van der Waals surface area contributed by atoms with Crippen molar-refractivity contribution in [1.82, 2.24) is 9.97 Å². The quantitative estimate of drug-likeness (QED) is 0.879. The van der Waals surface area contributed by atoms with Crippen LogP contribution in [0.25, 0.3) is 0 Å². The Labute approximate surface area is 107 Å². The van der Waals surface area contributed by atoms with Crippen LogP contribution in [0.1, 0.15) is 5.69 Å². The molecule has 19 heavy (non-hydrogen) atoms. The first kappa shape index (κ1) is 13.3. The third kappa shape index (κ3) is 4.20. The Bertz CT molecular complexity index is 511. The van der Waals surface area contributed by atoms with Crippen LogP contribution in [0, 0.1) is 0 Å². The van der Waals surface area contributed by atoms with Crippen molar-refractivity contribution in [3.63, 3.8) is 0 Å². The van der Waals surface area contributed by atoms with Gasteiger partial charge in [0.15, 0.2) is 6.61 Å². The van der Waals surface area contributed by atoms with E-state index in [4.69, 9.17) is 4.74 Å². The number of nitrogens with one attached hydrogen (secondary N) is 2. The molecular formula is C12H12F3N3O. The van der Waals surface area contributed by atoms with E-state index in [0.29, 0.717) is 12.2 Å². The topological polar surface area (TPSA) is 49.9 Å². The monoisotopic (exact) mass is 271 g/mol. The van der Waals surface area contributed by atoms with Crippen molar-refractivity contribution in [3.8, 4) is 5.75 Å². The molecule has 0 bridgehead atoms. The van der Waals surface area contributed by atoms with Gasteiger partial charge in [-0.1, -0.05) is 12.1 Å². The summed E-state index contributed by atoms with van der Waals surface area (Å²) in [6.07, 6.45) is -1.19. The van der Waals surface area contributed by atoms with Gasteiger partial charge in [-0.05, 0) is 12.1 Å². The van der Waals surface area contributed by atoms with E-state index in [9.17, 15) is 13.2 Å². The highest BCUT2D eigenvalue weighted by molar-refractivity contribution is 5.56. The van der Waals surface area contributed by atoms with E-state index in [1.165, 1.54) is 12.4 Å². The lowest BCUT2D eigenvalue weighted by Gasteiger charge is -2.13. The van der Waals surface area contributed by atoms with Gasteiger partial charge in [0, 0.05) is 6.20 Å². The fourth-order valence-electron chi connectivity index (χ4n) is 1.47. The maximum Gasteiger partial charge on any atom is 0.422 e. The molecule has 1 aromatic carbocycles. The van der Waals surface area contributed by atoms with Crippen LogP contribution in [0.4, 0.5) is 18.9 Å². The van der Waals surface area contributed by atoms with E-state index >= 15 is 0 Å². The van der Waals surface area contributed by atoms with E-state index in [2.05, 4.69) is 15.3 Å². The molecule has 0 unspecified atom stereocenters. The summed E-state index contributed by atoms with van der Waals surface area (Å²) in [5.41, 5.74) is 1.33. The van der Waals surface area contributed by atoms with Crippen molar-refractivity contribution in [2.75, 3.05) is 11.9 Å². The highest BCUT2D eigenvalue weighted by atomic mass is 19.4. The molecule has 2 aromatic rings. The van der Waals surface area contributed by atoms with Crippen LogP contribution in [0.15, 0.2) is 36.8 Å². The minimum atomic E-state index is -4.35. The van der Waals surface area contributed by atoms with Gasteiger partial charge in [-0.3, -0.25) is 0 Å². The van der Waals surface area contributed by atoms with Crippen LogP contribution in [0.3, 0.4) is 0 Å². The van der Waals surface area contributed by atoms with E-state index in [1.807, 2.05) is 0 Å². The Morgan fingerprint density at radius 1 is 1.26 bits per heavy atom. The summed E-state index contributed by atoms with van der Waals surface area (Å²) in [5.74, 6) is 0.166. The summed E-state index contributed by atoms with van der Waals surface area (Å²) in [6.45, 7) is -0.887. The van der Waals surface area contributed by atoms with Gasteiger partial charge in [0.1, 0.15) is 5.75 Å². The fourth-order valence-corrected chi connectivity index (χ4v) is 1.47. The average Bonchev–Trinajstić information content (AvgIpc) is 2.87. The molecule has 0 spiro atoms. The molecule has 0 saturated carbocycles. The number of H-pyrrole nitrogens is 1. The zero-order chi connectivity index (χ0) is 13.7. The van der Waals surface area contributed by atoms with Crippen molar-refractivity contribution in [3.05, 3.63) is 42.5 Å². The summed E-state index contributed by atoms with van der Waals surface area (Å²) >= 11 is 0. The summed E-state index contributed by atoms with van der Waals surface area (Å²) in [4.78, 5) is 6.74. The predicted octanol–water partition coefficient (Wildman–Crippen LogP) is 2.96. The molecule has 0 amide bonds. The molecule has 4 nitrogen and oxygen atoms in total. The minimum Gasteiger partial charge on any atom is -0.482 e. The number of ether oxygens (including phenoxy) is 1. The van der Waals surface area contributed by atoms with Gasteiger partial charge in [-0.15, -0.1) is 0 Å². The maximum absolute atomic E-state index is 12.1. The van der Waals surface area contributed by atoms with Crippen molar-refractivity contribution in [1.29, 1.82) is 0 Å². The third-order valence-corrected chi connectivity index (χ3v) is 2.30. The SMILES string of the molecule is FC(F)(F)COc1ccccc1NCc1cnc[nH]1. The first-order chi connectivity index (χ1) is 9.04. The van der Waals surface area contributed by atoms with Gasteiger partial charge in [0.25, 0.3) is 0 Å². The van der Waals surface area contributed by atoms with E-state index in [-0.39, 0.29) is 5.75 Å².